The molecule has 1 aliphatic rings. The number of carbonyl (C=O) groups is 1. The Morgan fingerprint density at radius 1 is 0.933 bits per heavy atom. The maximum absolute atomic E-state index is 13.0. The summed E-state index contributed by atoms with van der Waals surface area (Å²) in [5.41, 5.74) is 2.06. The molecule has 2 atom stereocenters. The second-order valence-electron chi connectivity index (χ2n) is 7.01. The van der Waals surface area contributed by atoms with Crippen LogP contribution >= 0.6 is 0 Å². The lowest BCUT2D eigenvalue weighted by Gasteiger charge is -2.39. The van der Waals surface area contributed by atoms with Crippen LogP contribution in [0.1, 0.15) is 29.6 Å². The highest BCUT2D eigenvalue weighted by molar-refractivity contribution is 5.93. The molecule has 2 heterocycles. The highest BCUT2D eigenvalue weighted by atomic mass is 16.5. The van der Waals surface area contributed by atoms with Gasteiger partial charge in [-0.25, -0.2) is 4.68 Å². The number of amides is 1. The molecule has 8 heteroatoms. The van der Waals surface area contributed by atoms with Gasteiger partial charge in [-0.1, -0.05) is 24.3 Å². The lowest BCUT2D eigenvalue weighted by atomic mass is 9.92. The lowest BCUT2D eigenvalue weighted by Crippen LogP contribution is -2.44. The molecule has 1 aliphatic heterocycles. The van der Waals surface area contributed by atoms with Crippen molar-refractivity contribution in [2.24, 2.45) is 0 Å². The fourth-order valence-electron chi connectivity index (χ4n) is 3.89. The third-order valence-electron chi connectivity index (χ3n) is 5.36. The van der Waals surface area contributed by atoms with Gasteiger partial charge in [-0.3, -0.25) is 9.69 Å². The normalized spacial score (nSPS) is 18.0. The molecule has 2 aromatic carbocycles. The van der Waals surface area contributed by atoms with Crippen LogP contribution in [0.2, 0.25) is 0 Å². The molecule has 1 aromatic heterocycles. The molecule has 0 unspecified atom stereocenters. The van der Waals surface area contributed by atoms with Gasteiger partial charge in [-0.15, -0.1) is 0 Å². The molecule has 0 saturated carbocycles. The van der Waals surface area contributed by atoms with Crippen LogP contribution in [0.5, 0.6) is 11.5 Å². The Kier molecular flexibility index (Phi) is 5.67. The fourth-order valence-corrected chi connectivity index (χ4v) is 3.89. The van der Waals surface area contributed by atoms with E-state index in [4.69, 9.17) is 14.2 Å². The number of nitrogens with zero attached hydrogens (tertiary/aromatic N) is 4. The Morgan fingerprint density at radius 3 is 2.03 bits per heavy atom. The summed E-state index contributed by atoms with van der Waals surface area (Å²) in [6.45, 7) is -0.0350. The molecule has 0 aliphatic carbocycles. The van der Waals surface area contributed by atoms with Crippen molar-refractivity contribution < 1.29 is 19.0 Å². The number of hydrogen-bond acceptors (Lipinski definition) is 6. The van der Waals surface area contributed by atoms with Gasteiger partial charge in [-0.05, 0) is 41.8 Å². The third-order valence-corrected chi connectivity index (χ3v) is 5.36. The predicted octanol–water partition coefficient (Wildman–Crippen LogP) is 3.01. The molecule has 30 heavy (non-hydrogen) atoms. The summed E-state index contributed by atoms with van der Waals surface area (Å²) >= 11 is 0. The van der Waals surface area contributed by atoms with Gasteiger partial charge < -0.3 is 14.2 Å². The van der Waals surface area contributed by atoms with Crippen LogP contribution in [-0.4, -0.2) is 48.6 Å². The molecule has 156 valence electrons. The van der Waals surface area contributed by atoms with Crippen LogP contribution in [0.3, 0.4) is 0 Å². The SMILES string of the molecule is COCC(=O)N1c2ncnn2[C@H](c2ccc(OC)cc2)C[C@H]1c1ccc(OC)cc1. The number of carbonyl (C=O) groups excluding carboxylic acids is 1. The van der Waals surface area contributed by atoms with Crippen molar-refractivity contribution in [2.45, 2.75) is 18.5 Å². The lowest BCUT2D eigenvalue weighted by molar-refractivity contribution is -0.123. The van der Waals surface area contributed by atoms with Gasteiger partial charge in [0.15, 0.2) is 0 Å². The first-order chi connectivity index (χ1) is 14.7. The first-order valence-corrected chi connectivity index (χ1v) is 9.64. The summed E-state index contributed by atoms with van der Waals surface area (Å²) in [7, 11) is 4.78. The van der Waals surface area contributed by atoms with E-state index < -0.39 is 0 Å². The van der Waals surface area contributed by atoms with Crippen LogP contribution in [0, 0.1) is 0 Å². The van der Waals surface area contributed by atoms with Crippen molar-refractivity contribution >= 4 is 11.9 Å². The Balaban J connectivity index is 1.78. The van der Waals surface area contributed by atoms with Gasteiger partial charge in [0.2, 0.25) is 5.95 Å². The van der Waals surface area contributed by atoms with Crippen molar-refractivity contribution in [1.29, 1.82) is 0 Å². The zero-order valence-electron chi connectivity index (χ0n) is 17.2. The molecule has 0 fully saturated rings. The number of ether oxygens (including phenoxy) is 3. The van der Waals surface area contributed by atoms with Crippen molar-refractivity contribution in [2.75, 3.05) is 32.8 Å². The number of benzene rings is 2. The quantitative estimate of drug-likeness (QED) is 0.624. The van der Waals surface area contributed by atoms with Crippen molar-refractivity contribution in [3.8, 4) is 11.5 Å². The van der Waals surface area contributed by atoms with Crippen LogP contribution in [0.25, 0.3) is 0 Å². The standard InChI is InChI=1S/C22H24N4O4/c1-28-13-21(27)25-19(15-4-8-17(29-2)9-5-15)12-20(26-22(25)23-14-24-26)16-6-10-18(30-3)11-7-16/h4-11,14,19-20H,12-13H2,1-3H3/t19-,20-/m0/s1. The number of hydrogen-bond donors (Lipinski definition) is 0. The van der Waals surface area contributed by atoms with Crippen LogP contribution in [0.15, 0.2) is 54.9 Å². The maximum Gasteiger partial charge on any atom is 0.255 e. The van der Waals surface area contributed by atoms with Gasteiger partial charge in [0.1, 0.15) is 24.4 Å². The van der Waals surface area contributed by atoms with Gasteiger partial charge in [0.25, 0.3) is 5.91 Å². The Hall–Kier alpha value is -3.39. The van der Waals surface area contributed by atoms with Crippen LogP contribution in [-0.2, 0) is 9.53 Å². The van der Waals surface area contributed by atoms with E-state index in [0.29, 0.717) is 12.4 Å². The number of aromatic nitrogens is 3. The number of rotatable bonds is 6. The first kappa shape index (κ1) is 19.9. The summed E-state index contributed by atoms with van der Waals surface area (Å²) in [4.78, 5) is 19.1. The van der Waals surface area contributed by atoms with Crippen molar-refractivity contribution in [3.63, 3.8) is 0 Å². The van der Waals surface area contributed by atoms with E-state index in [1.807, 2.05) is 48.5 Å². The van der Waals surface area contributed by atoms with Crippen molar-refractivity contribution in [1.82, 2.24) is 14.8 Å². The van der Waals surface area contributed by atoms with E-state index in [0.717, 1.165) is 22.6 Å². The molecule has 8 nitrogen and oxygen atoms in total. The molecule has 0 spiro atoms. The highest BCUT2D eigenvalue weighted by Crippen LogP contribution is 2.42. The smallest absolute Gasteiger partial charge is 0.255 e. The van der Waals surface area contributed by atoms with Crippen LogP contribution in [0.4, 0.5) is 5.95 Å². The Morgan fingerprint density at radius 2 is 1.50 bits per heavy atom. The van der Waals surface area contributed by atoms with Gasteiger partial charge in [-0.2, -0.15) is 10.1 Å². The van der Waals surface area contributed by atoms with E-state index in [9.17, 15) is 4.79 Å². The van der Waals surface area contributed by atoms with E-state index in [1.165, 1.54) is 13.4 Å². The Labute approximate surface area is 175 Å². The van der Waals surface area contributed by atoms with Gasteiger partial charge in [0.05, 0.1) is 26.3 Å². The molecule has 3 aromatic rings. The topological polar surface area (TPSA) is 78.7 Å². The number of methoxy groups -OCH3 is 3. The zero-order chi connectivity index (χ0) is 21.1. The van der Waals surface area contributed by atoms with E-state index in [2.05, 4.69) is 10.1 Å². The molecule has 0 bridgehead atoms. The molecule has 0 N–H and O–H groups in total. The average Bonchev–Trinajstić information content (AvgIpc) is 3.28. The van der Waals surface area contributed by atoms with Gasteiger partial charge >= 0.3 is 0 Å². The molecule has 0 saturated heterocycles. The third kappa shape index (κ3) is 3.61. The molecule has 0 radical (unpaired) electrons. The minimum atomic E-state index is -0.220. The molecular formula is C22H24N4O4. The average molecular weight is 408 g/mol. The largest absolute Gasteiger partial charge is 0.497 e. The minimum absolute atomic E-state index is 0.0350. The van der Waals surface area contributed by atoms with E-state index in [-0.39, 0.29) is 24.6 Å². The molecule has 4 rings (SSSR count). The number of anilines is 1. The second kappa shape index (κ2) is 8.54. The predicted molar refractivity (Wildman–Crippen MR) is 111 cm³/mol. The molecule has 1 amide bonds. The summed E-state index contributed by atoms with van der Waals surface area (Å²) < 4.78 is 17.5. The van der Waals surface area contributed by atoms with Gasteiger partial charge in [0, 0.05) is 7.11 Å². The summed E-state index contributed by atoms with van der Waals surface area (Å²) in [5.74, 6) is 1.89. The molecular weight excluding hydrogens is 384 g/mol. The maximum atomic E-state index is 13.0. The summed E-state index contributed by atoms with van der Waals surface area (Å²) in [6.07, 6.45) is 2.12. The minimum Gasteiger partial charge on any atom is -0.497 e. The Bertz CT molecular complexity index is 1000. The van der Waals surface area contributed by atoms with E-state index in [1.54, 1.807) is 23.8 Å². The zero-order valence-corrected chi connectivity index (χ0v) is 17.2. The second-order valence-corrected chi connectivity index (χ2v) is 7.01. The monoisotopic (exact) mass is 408 g/mol. The number of fused-ring (bicyclic) bond motifs is 1. The van der Waals surface area contributed by atoms with Crippen LogP contribution < -0.4 is 14.4 Å². The highest BCUT2D eigenvalue weighted by Gasteiger charge is 2.39. The summed E-state index contributed by atoms with van der Waals surface area (Å²) in [5, 5.41) is 4.43. The van der Waals surface area contributed by atoms with Crippen molar-refractivity contribution in [3.05, 3.63) is 66.0 Å². The summed E-state index contributed by atoms with van der Waals surface area (Å²) in [6, 6.07) is 15.4. The first-order valence-electron chi connectivity index (χ1n) is 9.64. The fraction of sp³-hybridized carbons (Fsp3) is 0.318. The van der Waals surface area contributed by atoms with E-state index >= 15 is 0 Å².